The van der Waals surface area contributed by atoms with Gasteiger partial charge < -0.3 is 10.1 Å². The van der Waals surface area contributed by atoms with Gasteiger partial charge in [0.1, 0.15) is 5.75 Å². The van der Waals surface area contributed by atoms with E-state index in [2.05, 4.69) is 5.32 Å². The van der Waals surface area contributed by atoms with Crippen LogP contribution in [0, 0.1) is 6.92 Å². The summed E-state index contributed by atoms with van der Waals surface area (Å²) in [4.78, 5) is 0. The van der Waals surface area contributed by atoms with E-state index in [1.807, 2.05) is 25.1 Å². The molecular weight excluding hydrogens is 186 g/mol. The second kappa shape index (κ2) is 4.97. The monoisotopic (exact) mass is 199 g/mol. The zero-order valence-corrected chi connectivity index (χ0v) is 8.69. The number of rotatable bonds is 4. The van der Waals surface area contributed by atoms with E-state index in [0.29, 0.717) is 5.88 Å². The van der Waals surface area contributed by atoms with Crippen molar-refractivity contribution < 1.29 is 4.74 Å². The summed E-state index contributed by atoms with van der Waals surface area (Å²) in [7, 11) is 1.67. The van der Waals surface area contributed by atoms with E-state index in [9.17, 15) is 0 Å². The van der Waals surface area contributed by atoms with E-state index in [1.54, 1.807) is 7.11 Å². The highest BCUT2D eigenvalue weighted by atomic mass is 35.5. The molecule has 0 amide bonds. The molecule has 1 aromatic rings. The maximum atomic E-state index is 5.56. The van der Waals surface area contributed by atoms with E-state index in [1.165, 1.54) is 0 Å². The first kappa shape index (κ1) is 10.2. The highest BCUT2D eigenvalue weighted by Crippen LogP contribution is 2.20. The molecule has 3 heteroatoms. The fourth-order valence-corrected chi connectivity index (χ4v) is 1.27. The fraction of sp³-hybridized carbons (Fsp3) is 0.400. The minimum absolute atomic E-state index is 0.616. The van der Waals surface area contributed by atoms with Gasteiger partial charge in [-0.05, 0) is 30.7 Å². The van der Waals surface area contributed by atoms with Crippen molar-refractivity contribution in [1.82, 2.24) is 0 Å². The first-order valence-electron chi connectivity index (χ1n) is 4.22. The van der Waals surface area contributed by atoms with E-state index < -0.39 is 0 Å². The fourth-order valence-electron chi connectivity index (χ4n) is 1.18. The summed E-state index contributed by atoms with van der Waals surface area (Å²) >= 11 is 5.56. The Kier molecular flexibility index (Phi) is 3.90. The zero-order valence-electron chi connectivity index (χ0n) is 7.93. The first-order chi connectivity index (χ1) is 6.27. The molecule has 0 unspecified atom stereocenters. The van der Waals surface area contributed by atoms with E-state index in [4.69, 9.17) is 16.3 Å². The molecule has 2 nitrogen and oxygen atoms in total. The van der Waals surface area contributed by atoms with Gasteiger partial charge in [-0.15, -0.1) is 11.6 Å². The standard InChI is InChI=1S/C10H14ClNO/c1-8-7-9(12-6-5-11)3-4-10(8)13-2/h3-4,7,12H,5-6H2,1-2H3. The summed E-state index contributed by atoms with van der Waals surface area (Å²) in [6.45, 7) is 2.80. The highest BCUT2D eigenvalue weighted by molar-refractivity contribution is 6.18. The number of nitrogens with one attached hydrogen (secondary N) is 1. The molecule has 0 aromatic heterocycles. The van der Waals surface area contributed by atoms with Crippen molar-refractivity contribution in [2.24, 2.45) is 0 Å². The summed E-state index contributed by atoms with van der Waals surface area (Å²) in [6.07, 6.45) is 0. The van der Waals surface area contributed by atoms with Gasteiger partial charge in [0.25, 0.3) is 0 Å². The Bertz CT molecular complexity index is 276. The molecule has 0 radical (unpaired) electrons. The molecule has 0 fully saturated rings. The van der Waals surface area contributed by atoms with Crippen LogP contribution >= 0.6 is 11.6 Å². The van der Waals surface area contributed by atoms with Crippen LogP contribution in [0.15, 0.2) is 18.2 Å². The lowest BCUT2D eigenvalue weighted by atomic mass is 10.2. The van der Waals surface area contributed by atoms with Crippen LogP contribution in [0.4, 0.5) is 5.69 Å². The number of alkyl halides is 1. The van der Waals surface area contributed by atoms with Crippen molar-refractivity contribution in [2.75, 3.05) is 24.9 Å². The number of benzene rings is 1. The minimum atomic E-state index is 0.616. The molecule has 0 saturated carbocycles. The van der Waals surface area contributed by atoms with Crippen molar-refractivity contribution in [3.05, 3.63) is 23.8 Å². The molecule has 1 rings (SSSR count). The number of hydrogen-bond donors (Lipinski definition) is 1. The maximum absolute atomic E-state index is 5.56. The summed E-state index contributed by atoms with van der Waals surface area (Å²) < 4.78 is 5.15. The lowest BCUT2D eigenvalue weighted by molar-refractivity contribution is 0.412. The average molecular weight is 200 g/mol. The third-order valence-corrected chi connectivity index (χ3v) is 2.01. The van der Waals surface area contributed by atoms with E-state index >= 15 is 0 Å². The van der Waals surface area contributed by atoms with Crippen molar-refractivity contribution in [2.45, 2.75) is 6.92 Å². The second-order valence-electron chi connectivity index (χ2n) is 2.80. The van der Waals surface area contributed by atoms with Gasteiger partial charge in [0.2, 0.25) is 0 Å². The molecule has 0 aliphatic rings. The van der Waals surface area contributed by atoms with Gasteiger partial charge in [0.15, 0.2) is 0 Å². The van der Waals surface area contributed by atoms with Crippen LogP contribution in [0.25, 0.3) is 0 Å². The number of ether oxygens (including phenoxy) is 1. The molecule has 0 atom stereocenters. The van der Waals surface area contributed by atoms with Gasteiger partial charge >= 0.3 is 0 Å². The molecule has 0 bridgehead atoms. The predicted octanol–water partition coefficient (Wildman–Crippen LogP) is 2.65. The SMILES string of the molecule is COc1ccc(NCCCl)cc1C. The topological polar surface area (TPSA) is 21.3 Å². The lowest BCUT2D eigenvalue weighted by Gasteiger charge is -2.08. The Balaban J connectivity index is 2.71. The van der Waals surface area contributed by atoms with Gasteiger partial charge in [-0.2, -0.15) is 0 Å². The lowest BCUT2D eigenvalue weighted by Crippen LogP contribution is -2.02. The van der Waals surface area contributed by atoms with Crippen LogP contribution in [0.5, 0.6) is 5.75 Å². The quantitative estimate of drug-likeness (QED) is 0.753. The van der Waals surface area contributed by atoms with Crippen molar-refractivity contribution in [3.8, 4) is 5.75 Å². The third-order valence-electron chi connectivity index (χ3n) is 1.82. The molecule has 72 valence electrons. The third kappa shape index (κ3) is 2.81. The van der Waals surface area contributed by atoms with Crippen molar-refractivity contribution in [3.63, 3.8) is 0 Å². The molecule has 0 heterocycles. The van der Waals surface area contributed by atoms with Crippen LogP contribution < -0.4 is 10.1 Å². The van der Waals surface area contributed by atoms with E-state index in [0.717, 1.165) is 23.5 Å². The molecule has 1 N–H and O–H groups in total. The second-order valence-corrected chi connectivity index (χ2v) is 3.18. The molecule has 0 aliphatic carbocycles. The molecule has 13 heavy (non-hydrogen) atoms. The van der Waals surface area contributed by atoms with Crippen LogP contribution in [0.2, 0.25) is 0 Å². The largest absolute Gasteiger partial charge is 0.496 e. The molecule has 1 aromatic carbocycles. The Hall–Kier alpha value is -0.890. The molecule has 0 spiro atoms. The summed E-state index contributed by atoms with van der Waals surface area (Å²) in [5, 5.41) is 3.20. The minimum Gasteiger partial charge on any atom is -0.496 e. The number of anilines is 1. The van der Waals surface area contributed by atoms with Crippen LogP contribution in [0.3, 0.4) is 0 Å². The zero-order chi connectivity index (χ0) is 9.68. The van der Waals surface area contributed by atoms with Crippen molar-refractivity contribution >= 4 is 17.3 Å². The number of aryl methyl sites for hydroxylation is 1. The summed E-state index contributed by atoms with van der Waals surface area (Å²) in [5.74, 6) is 1.53. The Morgan fingerprint density at radius 2 is 2.23 bits per heavy atom. The van der Waals surface area contributed by atoms with Gasteiger partial charge in [-0.3, -0.25) is 0 Å². The molecule has 0 saturated heterocycles. The average Bonchev–Trinajstić information content (AvgIpc) is 2.15. The summed E-state index contributed by atoms with van der Waals surface area (Å²) in [6, 6.07) is 5.98. The van der Waals surface area contributed by atoms with Gasteiger partial charge in [-0.25, -0.2) is 0 Å². The van der Waals surface area contributed by atoms with Gasteiger partial charge in [0.05, 0.1) is 7.11 Å². The van der Waals surface area contributed by atoms with Crippen molar-refractivity contribution in [1.29, 1.82) is 0 Å². The van der Waals surface area contributed by atoms with Gasteiger partial charge in [0, 0.05) is 18.1 Å². The first-order valence-corrected chi connectivity index (χ1v) is 4.76. The number of hydrogen-bond acceptors (Lipinski definition) is 2. The molecule has 0 aliphatic heterocycles. The van der Waals surface area contributed by atoms with Crippen LogP contribution in [-0.4, -0.2) is 19.5 Å². The summed E-state index contributed by atoms with van der Waals surface area (Å²) in [5.41, 5.74) is 2.21. The maximum Gasteiger partial charge on any atom is 0.121 e. The number of methoxy groups -OCH3 is 1. The predicted molar refractivity (Wildman–Crippen MR) is 56.9 cm³/mol. The smallest absolute Gasteiger partial charge is 0.121 e. The Labute approximate surface area is 83.9 Å². The van der Waals surface area contributed by atoms with Crippen LogP contribution in [0.1, 0.15) is 5.56 Å². The Morgan fingerprint density at radius 1 is 1.46 bits per heavy atom. The van der Waals surface area contributed by atoms with E-state index in [-0.39, 0.29) is 0 Å². The van der Waals surface area contributed by atoms with Crippen LogP contribution in [-0.2, 0) is 0 Å². The number of halogens is 1. The Morgan fingerprint density at radius 3 is 2.77 bits per heavy atom. The normalized spacial score (nSPS) is 9.77. The van der Waals surface area contributed by atoms with Gasteiger partial charge in [-0.1, -0.05) is 0 Å². The molecular formula is C10H14ClNO. The highest BCUT2D eigenvalue weighted by Gasteiger charge is 1.98.